The van der Waals surface area contributed by atoms with Crippen molar-refractivity contribution in [1.82, 2.24) is 0 Å². The first-order valence-corrected chi connectivity index (χ1v) is 11.4. The molecule has 0 bridgehead atoms. The summed E-state index contributed by atoms with van der Waals surface area (Å²) in [5.41, 5.74) is 0. The van der Waals surface area contributed by atoms with Gasteiger partial charge in [-0.05, 0) is 0 Å². The fraction of sp³-hybridized carbons (Fsp3) is 0. The van der Waals surface area contributed by atoms with E-state index in [0.717, 1.165) is 0 Å². The Kier molecular flexibility index (Phi) is 56.6. The molecule has 0 amide bonds. The quantitative estimate of drug-likeness (QED) is 0.116. The van der Waals surface area contributed by atoms with Crippen molar-refractivity contribution >= 4 is 55.2 Å². The van der Waals surface area contributed by atoms with Crippen molar-refractivity contribution < 1.29 is 65.2 Å². The van der Waals surface area contributed by atoms with Crippen molar-refractivity contribution in [2.24, 2.45) is 0 Å². The van der Waals surface area contributed by atoms with Gasteiger partial charge in [0.25, 0.3) is 0 Å². The second-order valence-corrected chi connectivity index (χ2v) is 2.30. The van der Waals surface area contributed by atoms with Crippen LogP contribution in [-0.2, 0) is 14.8 Å². The Morgan fingerprint density at radius 1 is 0.389 bits per heavy atom. The zero-order valence-electron chi connectivity index (χ0n) is 7.06. The standard InChI is InChI=1S/4F3P.HI.Ru/c4*1-4(2)3;;/h;;;;1H;/q;;;;;+1/p-1. The third-order valence-electron chi connectivity index (χ3n) is 0. The van der Waals surface area contributed by atoms with E-state index in [1.165, 1.54) is 0 Å². The zero-order chi connectivity index (χ0) is 16.3. The predicted octanol–water partition coefficient (Wildman–Crippen LogP) is 9.37. The van der Waals surface area contributed by atoms with Gasteiger partial charge >= 0.3 is 70.0 Å². The molecule has 0 aliphatic carbocycles. The van der Waals surface area contributed by atoms with Crippen LogP contribution in [0.4, 0.5) is 50.4 Å². The Hall–Kier alpha value is 2.23. The van der Waals surface area contributed by atoms with Gasteiger partial charge in [0.15, 0.2) is 0 Å². The van der Waals surface area contributed by atoms with Crippen LogP contribution < -0.4 is 0 Å². The van der Waals surface area contributed by atoms with Crippen LogP contribution in [0.1, 0.15) is 0 Å². The van der Waals surface area contributed by atoms with Crippen LogP contribution in [0, 0.1) is 0 Å². The number of hydrogen-bond acceptors (Lipinski definition) is 0. The second kappa shape index (κ2) is 31.6. The first kappa shape index (κ1) is 32.3. The molecular formula is F12IP4Ru. The third-order valence-corrected chi connectivity index (χ3v) is 0. The summed E-state index contributed by atoms with van der Waals surface area (Å²) in [5, 5.41) is 0. The second-order valence-electron chi connectivity index (χ2n) is 0.767. The molecule has 18 heavy (non-hydrogen) atoms. The summed E-state index contributed by atoms with van der Waals surface area (Å²) in [6, 6.07) is 0. The molecule has 0 fully saturated rings. The maximum absolute atomic E-state index is 9.73. The van der Waals surface area contributed by atoms with Gasteiger partial charge in [0.05, 0.1) is 0 Å². The van der Waals surface area contributed by atoms with E-state index in [-0.39, 0.29) is 0 Å². The molecule has 0 unspecified atom stereocenters. The SMILES string of the molecule is FP(F)F.FP(F)F.FP(F)F.FP(F)F.[Ru][I]. The van der Waals surface area contributed by atoms with Gasteiger partial charge in [-0.15, -0.1) is 0 Å². The molecule has 0 aliphatic rings. The molecule has 0 aromatic carbocycles. The number of halogens is 13. The topological polar surface area (TPSA) is 0 Å². The first-order valence-electron chi connectivity index (χ1n) is 2.16. The molecule has 0 aromatic heterocycles. The molecule has 0 aromatic rings. The molecule has 0 rings (SSSR count). The van der Waals surface area contributed by atoms with Crippen molar-refractivity contribution in [3.63, 3.8) is 0 Å². The van der Waals surface area contributed by atoms with Crippen molar-refractivity contribution in [3.05, 3.63) is 0 Å². The summed E-state index contributed by atoms with van der Waals surface area (Å²) in [7, 11) is -16.5. The Bertz CT molecular complexity index is 67.1. The first-order chi connectivity index (χ1) is 7.93. The van der Waals surface area contributed by atoms with E-state index >= 15 is 0 Å². The van der Waals surface area contributed by atoms with Crippen LogP contribution in [0.2, 0.25) is 0 Å². The fourth-order valence-electron chi connectivity index (χ4n) is 0. The maximum atomic E-state index is 9.73. The van der Waals surface area contributed by atoms with Gasteiger partial charge in [0, 0.05) is 0 Å². The Balaban J connectivity index is -0.0000000399. The monoisotopic (exact) mass is 581 g/mol. The van der Waals surface area contributed by atoms with Gasteiger partial charge in [0.2, 0.25) is 0 Å². The van der Waals surface area contributed by atoms with E-state index in [2.05, 4.69) is 34.5 Å². The van der Waals surface area contributed by atoms with Gasteiger partial charge in [-0.25, -0.2) is 0 Å². The molecule has 0 heterocycles. The minimum atomic E-state index is -4.12. The van der Waals surface area contributed by atoms with Gasteiger partial charge in [-0.2, -0.15) is 50.4 Å². The van der Waals surface area contributed by atoms with Crippen LogP contribution in [-0.4, -0.2) is 0 Å². The van der Waals surface area contributed by atoms with Gasteiger partial charge < -0.3 is 0 Å². The van der Waals surface area contributed by atoms with Crippen molar-refractivity contribution in [1.29, 1.82) is 0 Å². The van der Waals surface area contributed by atoms with E-state index in [1.54, 1.807) is 0 Å². The van der Waals surface area contributed by atoms with Crippen LogP contribution >= 0.6 is 55.2 Å². The average Bonchev–Trinajstić information content (AvgIpc) is 2.01. The molecule has 0 spiro atoms. The summed E-state index contributed by atoms with van der Waals surface area (Å²) >= 11 is 4.40. The minimum absolute atomic E-state index is 2.08. The summed E-state index contributed by atoms with van der Waals surface area (Å²) in [5.74, 6) is 0. The van der Waals surface area contributed by atoms with Crippen molar-refractivity contribution in [2.75, 3.05) is 0 Å². The average molecular weight is 580 g/mol. The molecule has 119 valence electrons. The molecule has 18 heteroatoms. The molecular weight excluding hydrogens is 580 g/mol. The van der Waals surface area contributed by atoms with Gasteiger partial charge in [0.1, 0.15) is 0 Å². The summed E-state index contributed by atoms with van der Waals surface area (Å²) in [6.45, 7) is 0. The molecule has 0 atom stereocenters. The fourth-order valence-corrected chi connectivity index (χ4v) is 0. The van der Waals surface area contributed by atoms with E-state index in [4.69, 9.17) is 0 Å². The van der Waals surface area contributed by atoms with Gasteiger partial charge in [-0.3, -0.25) is 0 Å². The van der Waals surface area contributed by atoms with E-state index < -0.39 is 35.4 Å². The van der Waals surface area contributed by atoms with E-state index in [0.29, 0.717) is 0 Å². The molecule has 0 nitrogen and oxygen atoms in total. The van der Waals surface area contributed by atoms with Crippen molar-refractivity contribution in [2.45, 2.75) is 0 Å². The Morgan fingerprint density at radius 3 is 0.389 bits per heavy atom. The molecule has 0 aliphatic heterocycles. The summed E-state index contributed by atoms with van der Waals surface area (Å²) < 4.78 is 117. The summed E-state index contributed by atoms with van der Waals surface area (Å²) in [4.78, 5) is 0. The van der Waals surface area contributed by atoms with Crippen LogP contribution in [0.3, 0.4) is 0 Å². The molecule has 0 radical (unpaired) electrons. The molecule has 0 N–H and O–H groups in total. The normalized spacial score (nSPS) is 8.33. The van der Waals surface area contributed by atoms with Crippen LogP contribution in [0.15, 0.2) is 0 Å². The van der Waals surface area contributed by atoms with Crippen LogP contribution in [0.25, 0.3) is 0 Å². The van der Waals surface area contributed by atoms with E-state index in [1.807, 2.05) is 0 Å². The van der Waals surface area contributed by atoms with Crippen LogP contribution in [0.5, 0.6) is 0 Å². The number of rotatable bonds is 0. The number of hydrogen-bond donors (Lipinski definition) is 0. The predicted molar refractivity (Wildman–Crippen MR) is 55.0 cm³/mol. The zero-order valence-corrected chi connectivity index (χ0v) is 14.5. The summed E-state index contributed by atoms with van der Waals surface area (Å²) in [6.07, 6.45) is 0. The van der Waals surface area contributed by atoms with E-state index in [9.17, 15) is 50.4 Å². The molecule has 0 saturated heterocycles. The molecule has 0 saturated carbocycles. The Morgan fingerprint density at radius 2 is 0.389 bits per heavy atom. The third kappa shape index (κ3) is 1090. The van der Waals surface area contributed by atoms with Crippen molar-refractivity contribution in [3.8, 4) is 0 Å². The van der Waals surface area contributed by atoms with Gasteiger partial charge in [-0.1, -0.05) is 0 Å². The Labute approximate surface area is 120 Å².